The second kappa shape index (κ2) is 7.24. The first-order valence-electron chi connectivity index (χ1n) is 9.82. The molecule has 1 saturated carbocycles. The maximum atomic E-state index is 13.1. The highest BCUT2D eigenvalue weighted by atomic mass is 35.5. The number of carbonyl (C=O) groups is 3. The Morgan fingerprint density at radius 3 is 2.68 bits per heavy atom. The fourth-order valence-corrected chi connectivity index (χ4v) is 4.40. The van der Waals surface area contributed by atoms with Gasteiger partial charge in [-0.25, -0.2) is 4.79 Å². The third-order valence-corrected chi connectivity index (χ3v) is 6.07. The number of hydrogen-bond acceptors (Lipinski definition) is 3. The summed E-state index contributed by atoms with van der Waals surface area (Å²) in [5, 5.41) is 3.13. The van der Waals surface area contributed by atoms with E-state index in [0.29, 0.717) is 10.6 Å². The summed E-state index contributed by atoms with van der Waals surface area (Å²) in [5.74, 6) is -0.644. The van der Waals surface area contributed by atoms with Crippen molar-refractivity contribution in [3.63, 3.8) is 0 Å². The Balaban J connectivity index is 1.55. The Labute approximate surface area is 169 Å². The molecule has 1 atom stereocenters. The Hall–Kier alpha value is -2.34. The molecular weight excluding hydrogens is 378 g/mol. The van der Waals surface area contributed by atoms with Crippen molar-refractivity contribution in [2.75, 3.05) is 6.54 Å². The van der Waals surface area contributed by atoms with Gasteiger partial charge in [-0.2, -0.15) is 0 Å². The number of nitrogens with one attached hydrogen (secondary N) is 1. The number of urea groups is 1. The van der Waals surface area contributed by atoms with Gasteiger partial charge in [-0.05, 0) is 51.5 Å². The van der Waals surface area contributed by atoms with Crippen molar-refractivity contribution in [2.24, 2.45) is 0 Å². The minimum absolute atomic E-state index is 0.192. The molecule has 2 aliphatic carbocycles. The first-order chi connectivity index (χ1) is 13.4. The smallest absolute Gasteiger partial charge is 0.319 e. The molecule has 1 heterocycles. The molecular formula is C21H24ClN3O3. The van der Waals surface area contributed by atoms with E-state index in [9.17, 15) is 14.4 Å². The summed E-state index contributed by atoms with van der Waals surface area (Å²) in [5.41, 5.74) is 0.295. The van der Waals surface area contributed by atoms with Crippen LogP contribution in [0, 0.1) is 0 Å². The van der Waals surface area contributed by atoms with E-state index in [1.807, 2.05) is 4.90 Å². The number of halogens is 1. The highest BCUT2D eigenvalue weighted by Crippen LogP contribution is 2.36. The summed E-state index contributed by atoms with van der Waals surface area (Å²) in [6.07, 6.45) is 8.12. The van der Waals surface area contributed by atoms with Crippen LogP contribution < -0.4 is 5.32 Å². The molecule has 4 rings (SSSR count). The van der Waals surface area contributed by atoms with Crippen molar-refractivity contribution >= 4 is 29.4 Å². The molecule has 0 unspecified atom stereocenters. The van der Waals surface area contributed by atoms with Gasteiger partial charge >= 0.3 is 6.03 Å². The SMILES string of the molecule is C[C@]1(c2ccccc2Cl)NC(=O)N(CC(=O)N(C2=CCCCC2)C2CC2)C1=O. The number of allylic oxidation sites excluding steroid dienone is 2. The quantitative estimate of drug-likeness (QED) is 0.767. The van der Waals surface area contributed by atoms with Gasteiger partial charge < -0.3 is 10.2 Å². The van der Waals surface area contributed by atoms with Crippen LogP contribution in [0.4, 0.5) is 4.79 Å². The zero-order valence-electron chi connectivity index (χ0n) is 15.9. The van der Waals surface area contributed by atoms with Crippen LogP contribution in [-0.2, 0) is 15.1 Å². The molecule has 28 heavy (non-hydrogen) atoms. The summed E-state index contributed by atoms with van der Waals surface area (Å²) in [7, 11) is 0. The molecule has 0 aromatic heterocycles. The Bertz CT molecular complexity index is 864. The lowest BCUT2D eigenvalue weighted by atomic mass is 9.92. The lowest BCUT2D eigenvalue weighted by Crippen LogP contribution is -2.45. The molecule has 1 aliphatic heterocycles. The van der Waals surface area contributed by atoms with Crippen molar-refractivity contribution in [2.45, 2.75) is 57.0 Å². The van der Waals surface area contributed by atoms with Gasteiger partial charge in [0.05, 0.1) is 0 Å². The number of rotatable bonds is 5. The first kappa shape index (κ1) is 19.0. The molecule has 1 saturated heterocycles. The topological polar surface area (TPSA) is 69.7 Å². The lowest BCUT2D eigenvalue weighted by molar-refractivity contribution is -0.138. The van der Waals surface area contributed by atoms with Crippen LogP contribution in [0.25, 0.3) is 0 Å². The number of imide groups is 1. The van der Waals surface area contributed by atoms with Gasteiger partial charge in [0.25, 0.3) is 5.91 Å². The molecule has 6 nitrogen and oxygen atoms in total. The average Bonchev–Trinajstić information content (AvgIpc) is 3.48. The van der Waals surface area contributed by atoms with E-state index in [2.05, 4.69) is 11.4 Å². The van der Waals surface area contributed by atoms with Gasteiger partial charge in [-0.1, -0.05) is 35.9 Å². The molecule has 3 aliphatic rings. The number of hydrogen-bond donors (Lipinski definition) is 1. The van der Waals surface area contributed by atoms with Crippen LogP contribution in [0.3, 0.4) is 0 Å². The number of nitrogens with zero attached hydrogens (tertiary/aromatic N) is 2. The van der Waals surface area contributed by atoms with Gasteiger partial charge in [0, 0.05) is 22.3 Å². The van der Waals surface area contributed by atoms with Gasteiger partial charge in [0.2, 0.25) is 5.91 Å². The molecule has 1 aromatic carbocycles. The third kappa shape index (κ3) is 3.30. The Kier molecular flexibility index (Phi) is 4.91. The normalized spacial score (nSPS) is 24.8. The van der Waals surface area contributed by atoms with Crippen molar-refractivity contribution in [1.82, 2.24) is 15.1 Å². The summed E-state index contributed by atoms with van der Waals surface area (Å²) in [4.78, 5) is 41.6. The van der Waals surface area contributed by atoms with E-state index in [1.54, 1.807) is 31.2 Å². The van der Waals surface area contributed by atoms with Gasteiger partial charge in [-0.3, -0.25) is 14.5 Å². The highest BCUT2D eigenvalue weighted by molar-refractivity contribution is 6.32. The Morgan fingerprint density at radius 2 is 2.04 bits per heavy atom. The fraction of sp³-hybridized carbons (Fsp3) is 0.476. The largest absolute Gasteiger partial charge is 0.325 e. The molecule has 0 spiro atoms. The fourth-order valence-electron chi connectivity index (χ4n) is 4.07. The standard InChI is InChI=1S/C21H24ClN3O3/c1-21(16-9-5-6-10-17(16)22)19(27)24(20(28)23-21)13-18(26)25(15-11-12-15)14-7-3-2-4-8-14/h5-7,9-10,15H,2-4,8,11-13H2,1H3,(H,23,28)/t21-/m1/s1. The third-order valence-electron chi connectivity index (χ3n) is 5.74. The zero-order valence-corrected chi connectivity index (χ0v) is 16.7. The lowest BCUT2D eigenvalue weighted by Gasteiger charge is -2.29. The van der Waals surface area contributed by atoms with Gasteiger partial charge in [0.1, 0.15) is 12.1 Å². The molecule has 0 bridgehead atoms. The summed E-state index contributed by atoms with van der Waals surface area (Å²) < 4.78 is 0. The number of amides is 4. The Morgan fingerprint density at radius 1 is 1.29 bits per heavy atom. The van der Waals surface area contributed by atoms with E-state index in [-0.39, 0.29) is 18.5 Å². The van der Waals surface area contributed by atoms with Crippen LogP contribution in [0.15, 0.2) is 36.0 Å². The van der Waals surface area contributed by atoms with Crippen molar-refractivity contribution < 1.29 is 14.4 Å². The summed E-state index contributed by atoms with van der Waals surface area (Å²) in [6.45, 7) is 1.37. The van der Waals surface area contributed by atoms with Crippen LogP contribution >= 0.6 is 11.6 Å². The molecule has 148 valence electrons. The molecule has 1 aromatic rings. The van der Waals surface area contributed by atoms with Crippen molar-refractivity contribution in [1.29, 1.82) is 0 Å². The molecule has 7 heteroatoms. The monoisotopic (exact) mass is 401 g/mol. The van der Waals surface area contributed by atoms with Crippen molar-refractivity contribution in [3.05, 3.63) is 46.6 Å². The predicted molar refractivity (Wildman–Crippen MR) is 105 cm³/mol. The predicted octanol–water partition coefficient (Wildman–Crippen LogP) is 3.56. The summed E-state index contributed by atoms with van der Waals surface area (Å²) in [6, 6.07) is 6.57. The van der Waals surface area contributed by atoms with E-state index in [4.69, 9.17) is 11.6 Å². The van der Waals surface area contributed by atoms with Gasteiger partial charge in [0.15, 0.2) is 0 Å². The number of carbonyl (C=O) groups excluding carboxylic acids is 3. The maximum absolute atomic E-state index is 13.1. The zero-order chi connectivity index (χ0) is 19.9. The first-order valence-corrected chi connectivity index (χ1v) is 10.2. The van der Waals surface area contributed by atoms with E-state index >= 15 is 0 Å². The van der Waals surface area contributed by atoms with E-state index in [0.717, 1.165) is 49.1 Å². The van der Waals surface area contributed by atoms with Crippen LogP contribution in [0.1, 0.15) is 51.0 Å². The minimum Gasteiger partial charge on any atom is -0.319 e. The van der Waals surface area contributed by atoms with Gasteiger partial charge in [-0.15, -0.1) is 0 Å². The second-order valence-electron chi connectivity index (χ2n) is 7.86. The molecule has 2 fully saturated rings. The van der Waals surface area contributed by atoms with Crippen LogP contribution in [-0.4, -0.2) is 40.2 Å². The van der Waals surface area contributed by atoms with Crippen LogP contribution in [0.2, 0.25) is 5.02 Å². The van der Waals surface area contributed by atoms with Crippen LogP contribution in [0.5, 0.6) is 0 Å². The minimum atomic E-state index is -1.27. The van der Waals surface area contributed by atoms with E-state index < -0.39 is 17.5 Å². The van der Waals surface area contributed by atoms with Crippen molar-refractivity contribution in [3.8, 4) is 0 Å². The molecule has 0 radical (unpaired) electrons. The number of benzene rings is 1. The molecule has 1 N–H and O–H groups in total. The second-order valence-corrected chi connectivity index (χ2v) is 8.27. The van der Waals surface area contributed by atoms with E-state index in [1.165, 1.54) is 0 Å². The summed E-state index contributed by atoms with van der Waals surface area (Å²) >= 11 is 6.26. The highest BCUT2D eigenvalue weighted by Gasteiger charge is 2.51. The maximum Gasteiger partial charge on any atom is 0.325 e. The average molecular weight is 402 g/mol. The molecule has 4 amide bonds.